The van der Waals surface area contributed by atoms with E-state index in [0.29, 0.717) is 6.42 Å². The molecule has 0 aliphatic carbocycles. The lowest BCUT2D eigenvalue weighted by atomic mass is 10.1. The third-order valence-corrected chi connectivity index (χ3v) is 4.18. The molecule has 1 aromatic heterocycles. The fraction of sp³-hybridized carbons (Fsp3) is 0.412. The summed E-state index contributed by atoms with van der Waals surface area (Å²) >= 11 is 0. The Labute approximate surface area is 130 Å². The summed E-state index contributed by atoms with van der Waals surface area (Å²) in [5, 5.41) is 7.10. The van der Waals surface area contributed by atoms with E-state index in [1.807, 2.05) is 16.9 Å². The minimum atomic E-state index is 0.0589. The maximum absolute atomic E-state index is 11.7. The molecular weight excluding hydrogens is 276 g/mol. The maximum atomic E-state index is 11.7. The lowest BCUT2D eigenvalue weighted by molar-refractivity contribution is -0.121. The van der Waals surface area contributed by atoms with Gasteiger partial charge in [0.05, 0.1) is 18.2 Å². The summed E-state index contributed by atoms with van der Waals surface area (Å²) in [7, 11) is 1.68. The molecule has 0 fully saturated rings. The highest BCUT2D eigenvalue weighted by atomic mass is 16.1. The van der Waals surface area contributed by atoms with Gasteiger partial charge in [-0.2, -0.15) is 5.10 Å². The van der Waals surface area contributed by atoms with Gasteiger partial charge in [-0.25, -0.2) is 0 Å². The average molecular weight is 298 g/mol. The van der Waals surface area contributed by atoms with Gasteiger partial charge in [-0.1, -0.05) is 29.8 Å². The second-order valence-corrected chi connectivity index (χ2v) is 5.95. The maximum Gasteiger partial charge on any atom is 0.221 e. The second-order valence-electron chi connectivity index (χ2n) is 5.95. The zero-order chi connectivity index (χ0) is 15.5. The highest BCUT2D eigenvalue weighted by molar-refractivity contribution is 5.76. The predicted octanol–water partition coefficient (Wildman–Crippen LogP) is 1.88. The van der Waals surface area contributed by atoms with Crippen molar-refractivity contribution in [2.45, 2.75) is 32.5 Å². The molecule has 1 aliphatic heterocycles. The van der Waals surface area contributed by atoms with Crippen LogP contribution in [0.3, 0.4) is 0 Å². The summed E-state index contributed by atoms with van der Waals surface area (Å²) < 4.78 is 2.00. The van der Waals surface area contributed by atoms with Gasteiger partial charge in [-0.05, 0) is 18.6 Å². The first-order chi connectivity index (χ1) is 10.7. The molecule has 1 amide bonds. The van der Waals surface area contributed by atoms with Crippen LogP contribution in [0.4, 0.5) is 0 Å². The molecule has 1 atom stereocenters. The SMILES string of the molecule is CNC(=O)C[C@H]1CN(Cc2ccc(C)cc2)Cc2ccnn21. The summed E-state index contributed by atoms with van der Waals surface area (Å²) in [5.74, 6) is 0.0589. The van der Waals surface area contributed by atoms with Crippen molar-refractivity contribution >= 4 is 5.91 Å². The predicted molar refractivity (Wildman–Crippen MR) is 85.2 cm³/mol. The van der Waals surface area contributed by atoms with Gasteiger partial charge in [-0.15, -0.1) is 0 Å². The number of nitrogens with one attached hydrogen (secondary N) is 1. The molecule has 116 valence electrons. The Kier molecular flexibility index (Phi) is 4.24. The molecule has 0 saturated heterocycles. The van der Waals surface area contributed by atoms with Crippen LogP contribution in [0.1, 0.15) is 29.3 Å². The van der Waals surface area contributed by atoms with E-state index in [0.717, 1.165) is 19.6 Å². The Morgan fingerprint density at radius 2 is 2.09 bits per heavy atom. The van der Waals surface area contributed by atoms with Crippen LogP contribution in [0.15, 0.2) is 36.5 Å². The first kappa shape index (κ1) is 14.8. The zero-order valence-corrected chi connectivity index (χ0v) is 13.1. The molecule has 2 heterocycles. The van der Waals surface area contributed by atoms with Crippen molar-refractivity contribution in [3.8, 4) is 0 Å². The summed E-state index contributed by atoms with van der Waals surface area (Å²) in [6.45, 7) is 4.71. The molecule has 5 heteroatoms. The minimum absolute atomic E-state index is 0.0589. The molecule has 0 saturated carbocycles. The van der Waals surface area contributed by atoms with Gasteiger partial charge in [0.1, 0.15) is 0 Å². The van der Waals surface area contributed by atoms with Gasteiger partial charge in [0.2, 0.25) is 5.91 Å². The number of rotatable bonds is 4. The molecule has 0 spiro atoms. The highest BCUT2D eigenvalue weighted by Crippen LogP contribution is 2.24. The van der Waals surface area contributed by atoms with Gasteiger partial charge >= 0.3 is 0 Å². The summed E-state index contributed by atoms with van der Waals surface area (Å²) in [6.07, 6.45) is 2.29. The van der Waals surface area contributed by atoms with Crippen LogP contribution in [0.2, 0.25) is 0 Å². The number of benzene rings is 1. The topological polar surface area (TPSA) is 50.2 Å². The van der Waals surface area contributed by atoms with Crippen LogP contribution in [0.5, 0.6) is 0 Å². The van der Waals surface area contributed by atoms with Crippen LogP contribution in [-0.2, 0) is 17.9 Å². The molecule has 3 rings (SSSR count). The number of carbonyl (C=O) groups excluding carboxylic acids is 1. The molecule has 0 radical (unpaired) electrons. The Bertz CT molecular complexity index is 647. The van der Waals surface area contributed by atoms with Crippen molar-refractivity contribution in [3.63, 3.8) is 0 Å². The van der Waals surface area contributed by atoms with Gasteiger partial charge < -0.3 is 5.32 Å². The molecule has 1 aromatic carbocycles. The highest BCUT2D eigenvalue weighted by Gasteiger charge is 2.27. The van der Waals surface area contributed by atoms with Gasteiger partial charge in [0.15, 0.2) is 0 Å². The molecular formula is C17H22N4O. The van der Waals surface area contributed by atoms with Crippen LogP contribution >= 0.6 is 0 Å². The van der Waals surface area contributed by atoms with Gasteiger partial charge in [-0.3, -0.25) is 14.4 Å². The number of aryl methyl sites for hydroxylation is 1. The number of carbonyl (C=O) groups is 1. The Morgan fingerprint density at radius 1 is 1.32 bits per heavy atom. The van der Waals surface area contributed by atoms with Gasteiger partial charge in [0, 0.05) is 32.9 Å². The Morgan fingerprint density at radius 3 is 2.82 bits per heavy atom. The monoisotopic (exact) mass is 298 g/mol. The van der Waals surface area contributed by atoms with E-state index in [1.165, 1.54) is 16.8 Å². The first-order valence-corrected chi connectivity index (χ1v) is 7.66. The smallest absolute Gasteiger partial charge is 0.221 e. The minimum Gasteiger partial charge on any atom is -0.359 e. The van der Waals surface area contributed by atoms with Crippen LogP contribution in [0, 0.1) is 6.92 Å². The number of fused-ring (bicyclic) bond motifs is 1. The average Bonchev–Trinajstić information content (AvgIpc) is 2.98. The zero-order valence-electron chi connectivity index (χ0n) is 13.1. The lowest BCUT2D eigenvalue weighted by Gasteiger charge is -2.33. The van der Waals surface area contributed by atoms with E-state index >= 15 is 0 Å². The quantitative estimate of drug-likeness (QED) is 0.937. The molecule has 0 unspecified atom stereocenters. The molecule has 22 heavy (non-hydrogen) atoms. The summed E-state index contributed by atoms with van der Waals surface area (Å²) in [5.41, 5.74) is 3.75. The molecule has 0 bridgehead atoms. The fourth-order valence-electron chi connectivity index (χ4n) is 3.00. The van der Waals surface area contributed by atoms with Crippen molar-refractivity contribution in [1.82, 2.24) is 20.0 Å². The number of amides is 1. The fourth-order valence-corrected chi connectivity index (χ4v) is 3.00. The van der Waals surface area contributed by atoms with Crippen molar-refractivity contribution < 1.29 is 4.79 Å². The molecule has 1 aliphatic rings. The largest absolute Gasteiger partial charge is 0.359 e. The van der Waals surface area contributed by atoms with E-state index in [9.17, 15) is 4.79 Å². The molecule has 1 N–H and O–H groups in total. The lowest BCUT2D eigenvalue weighted by Crippen LogP contribution is -2.39. The number of hydrogen-bond acceptors (Lipinski definition) is 3. The van der Waals surface area contributed by atoms with Crippen molar-refractivity contribution in [2.75, 3.05) is 13.6 Å². The van der Waals surface area contributed by atoms with Crippen molar-refractivity contribution in [2.24, 2.45) is 0 Å². The van der Waals surface area contributed by atoms with E-state index in [4.69, 9.17) is 0 Å². The van der Waals surface area contributed by atoms with Crippen LogP contribution in [-0.4, -0.2) is 34.2 Å². The third-order valence-electron chi connectivity index (χ3n) is 4.18. The van der Waals surface area contributed by atoms with E-state index in [2.05, 4.69) is 46.5 Å². The van der Waals surface area contributed by atoms with E-state index < -0.39 is 0 Å². The second kappa shape index (κ2) is 6.32. The van der Waals surface area contributed by atoms with E-state index in [-0.39, 0.29) is 11.9 Å². The van der Waals surface area contributed by atoms with Gasteiger partial charge in [0.25, 0.3) is 0 Å². The molecule has 5 nitrogen and oxygen atoms in total. The van der Waals surface area contributed by atoms with Crippen LogP contribution in [0.25, 0.3) is 0 Å². The standard InChI is InChI=1S/C17H22N4O/c1-13-3-5-14(6-4-13)10-20-11-15-7-8-19-21(15)16(12-20)9-17(22)18-2/h3-8,16H,9-12H2,1-2H3,(H,18,22)/t16-/m0/s1. The summed E-state index contributed by atoms with van der Waals surface area (Å²) in [4.78, 5) is 14.1. The Balaban J connectivity index is 1.74. The molecule has 2 aromatic rings. The van der Waals surface area contributed by atoms with Crippen molar-refractivity contribution in [3.05, 3.63) is 53.3 Å². The Hall–Kier alpha value is -2.14. The number of hydrogen-bond donors (Lipinski definition) is 1. The normalized spacial score (nSPS) is 18.0. The third kappa shape index (κ3) is 3.20. The number of aromatic nitrogens is 2. The summed E-state index contributed by atoms with van der Waals surface area (Å²) in [6, 6.07) is 10.8. The first-order valence-electron chi connectivity index (χ1n) is 7.66. The number of nitrogens with zero attached hydrogens (tertiary/aromatic N) is 3. The van der Waals surface area contributed by atoms with Crippen LogP contribution < -0.4 is 5.32 Å². The van der Waals surface area contributed by atoms with E-state index in [1.54, 1.807) is 7.05 Å². The van der Waals surface area contributed by atoms with Crippen molar-refractivity contribution in [1.29, 1.82) is 0 Å².